The lowest BCUT2D eigenvalue weighted by atomic mass is 10.0. The smallest absolute Gasteiger partial charge is 0.122 e. The average Bonchev–Trinajstić information content (AvgIpc) is 2.62. The minimum absolute atomic E-state index is 0.272. The number of ether oxygens (including phenoxy) is 1. The summed E-state index contributed by atoms with van der Waals surface area (Å²) in [4.78, 5) is 0. The minimum atomic E-state index is 0.272. The van der Waals surface area contributed by atoms with Crippen LogP contribution >= 0.6 is 0 Å². The molecule has 0 aromatic heterocycles. The Labute approximate surface area is 90.4 Å². The normalized spacial score (nSPS) is 30.9. The molecule has 2 aliphatic rings. The standard InChI is InChI=1S/C13H17NO/c1-13(2)11(12(13)14)9-3-4-10-8(7-9)5-6-15-10/h3-4,7,11-12H,5-6,14H2,1-2H3/t11-,12-/m0/s1. The highest BCUT2D eigenvalue weighted by atomic mass is 16.5. The van der Waals surface area contributed by atoms with E-state index >= 15 is 0 Å². The van der Waals surface area contributed by atoms with Gasteiger partial charge in [-0.3, -0.25) is 0 Å². The first-order chi connectivity index (χ1) is 7.10. The van der Waals surface area contributed by atoms with Gasteiger partial charge in [0.05, 0.1) is 6.61 Å². The van der Waals surface area contributed by atoms with Crippen molar-refractivity contribution in [2.75, 3.05) is 6.61 Å². The van der Waals surface area contributed by atoms with E-state index in [0.717, 1.165) is 18.8 Å². The highest BCUT2D eigenvalue weighted by Crippen LogP contribution is 2.57. The molecule has 3 rings (SSSR count). The summed E-state index contributed by atoms with van der Waals surface area (Å²) in [7, 11) is 0. The second kappa shape index (κ2) is 2.76. The van der Waals surface area contributed by atoms with Crippen molar-refractivity contribution in [3.05, 3.63) is 29.3 Å². The van der Waals surface area contributed by atoms with E-state index in [1.807, 2.05) is 0 Å². The molecule has 0 bridgehead atoms. The van der Waals surface area contributed by atoms with E-state index in [1.54, 1.807) is 0 Å². The van der Waals surface area contributed by atoms with Crippen LogP contribution in [0.3, 0.4) is 0 Å². The predicted molar refractivity (Wildman–Crippen MR) is 60.1 cm³/mol. The summed E-state index contributed by atoms with van der Waals surface area (Å²) in [5.41, 5.74) is 9.10. The molecule has 0 radical (unpaired) electrons. The van der Waals surface area contributed by atoms with Crippen molar-refractivity contribution in [2.45, 2.75) is 32.2 Å². The zero-order valence-corrected chi connectivity index (χ0v) is 9.29. The maximum absolute atomic E-state index is 6.09. The molecule has 2 nitrogen and oxygen atoms in total. The lowest BCUT2D eigenvalue weighted by Crippen LogP contribution is -2.06. The highest BCUT2D eigenvalue weighted by Gasteiger charge is 2.56. The molecule has 15 heavy (non-hydrogen) atoms. The molecule has 1 heterocycles. The van der Waals surface area contributed by atoms with Crippen LogP contribution in [0.2, 0.25) is 0 Å². The van der Waals surface area contributed by atoms with Crippen molar-refractivity contribution in [1.29, 1.82) is 0 Å². The molecule has 0 saturated heterocycles. The van der Waals surface area contributed by atoms with Gasteiger partial charge in [-0.2, -0.15) is 0 Å². The van der Waals surface area contributed by atoms with Gasteiger partial charge < -0.3 is 10.5 Å². The van der Waals surface area contributed by atoms with E-state index in [-0.39, 0.29) is 5.41 Å². The van der Waals surface area contributed by atoms with E-state index in [1.165, 1.54) is 11.1 Å². The van der Waals surface area contributed by atoms with Gasteiger partial charge in [-0.05, 0) is 22.6 Å². The van der Waals surface area contributed by atoms with Crippen LogP contribution in [0.25, 0.3) is 0 Å². The van der Waals surface area contributed by atoms with Crippen molar-refractivity contribution in [3.63, 3.8) is 0 Å². The SMILES string of the molecule is CC1(C)[C@@H](N)[C@@H]1c1ccc2c(c1)CCO2. The average molecular weight is 203 g/mol. The Morgan fingerprint density at radius 3 is 2.80 bits per heavy atom. The number of nitrogens with two attached hydrogens (primary N) is 1. The van der Waals surface area contributed by atoms with E-state index < -0.39 is 0 Å². The zero-order valence-electron chi connectivity index (χ0n) is 9.29. The van der Waals surface area contributed by atoms with Gasteiger partial charge in [0.15, 0.2) is 0 Å². The molecule has 1 aromatic rings. The van der Waals surface area contributed by atoms with E-state index in [2.05, 4.69) is 32.0 Å². The van der Waals surface area contributed by atoms with Gasteiger partial charge in [-0.1, -0.05) is 26.0 Å². The monoisotopic (exact) mass is 203 g/mol. The van der Waals surface area contributed by atoms with Crippen molar-refractivity contribution >= 4 is 0 Å². The minimum Gasteiger partial charge on any atom is -0.493 e. The summed E-state index contributed by atoms with van der Waals surface area (Å²) in [5, 5.41) is 0. The molecule has 0 unspecified atom stereocenters. The lowest BCUT2D eigenvalue weighted by Gasteiger charge is -2.05. The van der Waals surface area contributed by atoms with E-state index in [0.29, 0.717) is 12.0 Å². The fraction of sp³-hybridized carbons (Fsp3) is 0.538. The molecule has 0 spiro atoms. The second-order valence-electron chi connectivity index (χ2n) is 5.29. The number of rotatable bonds is 1. The third-order valence-corrected chi connectivity index (χ3v) is 3.98. The fourth-order valence-electron chi connectivity index (χ4n) is 2.71. The predicted octanol–water partition coefficient (Wildman–Crippen LogP) is 2.07. The van der Waals surface area contributed by atoms with Gasteiger partial charge in [-0.15, -0.1) is 0 Å². The molecule has 2 heteroatoms. The molecule has 1 aliphatic carbocycles. The maximum atomic E-state index is 6.09. The van der Waals surface area contributed by atoms with Crippen molar-refractivity contribution in [1.82, 2.24) is 0 Å². The van der Waals surface area contributed by atoms with Gasteiger partial charge >= 0.3 is 0 Å². The quantitative estimate of drug-likeness (QED) is 0.758. The van der Waals surface area contributed by atoms with Crippen molar-refractivity contribution in [3.8, 4) is 5.75 Å². The van der Waals surface area contributed by atoms with E-state index in [9.17, 15) is 0 Å². The third kappa shape index (κ3) is 1.21. The van der Waals surface area contributed by atoms with Gasteiger partial charge in [0, 0.05) is 18.4 Å². The first-order valence-electron chi connectivity index (χ1n) is 5.62. The number of hydrogen-bond acceptors (Lipinski definition) is 2. The Balaban J connectivity index is 1.95. The fourth-order valence-corrected chi connectivity index (χ4v) is 2.71. The Hall–Kier alpha value is -1.02. The molecule has 2 atom stereocenters. The lowest BCUT2D eigenvalue weighted by molar-refractivity contribution is 0.357. The Kier molecular flexibility index (Phi) is 1.70. The first kappa shape index (κ1) is 9.22. The molecule has 1 aromatic carbocycles. The maximum Gasteiger partial charge on any atom is 0.122 e. The second-order valence-corrected chi connectivity index (χ2v) is 5.29. The first-order valence-corrected chi connectivity index (χ1v) is 5.62. The zero-order chi connectivity index (χ0) is 10.6. The van der Waals surface area contributed by atoms with Crippen molar-refractivity contribution in [2.24, 2.45) is 11.1 Å². The van der Waals surface area contributed by atoms with Crippen LogP contribution in [0.5, 0.6) is 5.75 Å². The topological polar surface area (TPSA) is 35.2 Å². The van der Waals surface area contributed by atoms with Crippen LogP contribution < -0.4 is 10.5 Å². The Bertz CT molecular complexity index is 411. The summed E-state index contributed by atoms with van der Waals surface area (Å²) in [5.74, 6) is 1.59. The molecule has 1 fully saturated rings. The third-order valence-electron chi connectivity index (χ3n) is 3.98. The van der Waals surface area contributed by atoms with Gasteiger partial charge in [-0.25, -0.2) is 0 Å². The molecule has 2 N–H and O–H groups in total. The highest BCUT2D eigenvalue weighted by molar-refractivity contribution is 5.44. The molecule has 1 saturated carbocycles. The summed E-state index contributed by atoms with van der Waals surface area (Å²) in [6.45, 7) is 5.32. The van der Waals surface area contributed by atoms with Gasteiger partial charge in [0.1, 0.15) is 5.75 Å². The van der Waals surface area contributed by atoms with Gasteiger partial charge in [0.2, 0.25) is 0 Å². The number of hydrogen-bond donors (Lipinski definition) is 1. The summed E-state index contributed by atoms with van der Waals surface area (Å²) < 4.78 is 5.50. The molecular weight excluding hydrogens is 186 g/mol. The number of benzene rings is 1. The number of fused-ring (bicyclic) bond motifs is 1. The summed E-state index contributed by atoms with van der Waals surface area (Å²) in [6, 6.07) is 6.86. The Morgan fingerprint density at radius 1 is 1.40 bits per heavy atom. The largest absolute Gasteiger partial charge is 0.493 e. The van der Waals surface area contributed by atoms with Gasteiger partial charge in [0.25, 0.3) is 0 Å². The van der Waals surface area contributed by atoms with Crippen LogP contribution in [0, 0.1) is 5.41 Å². The molecule has 0 amide bonds. The van der Waals surface area contributed by atoms with Crippen LogP contribution in [-0.4, -0.2) is 12.6 Å². The van der Waals surface area contributed by atoms with Crippen LogP contribution in [0.4, 0.5) is 0 Å². The summed E-state index contributed by atoms with van der Waals surface area (Å²) in [6.07, 6.45) is 1.05. The molecule has 80 valence electrons. The van der Waals surface area contributed by atoms with Crippen LogP contribution in [-0.2, 0) is 6.42 Å². The van der Waals surface area contributed by atoms with Crippen molar-refractivity contribution < 1.29 is 4.74 Å². The van der Waals surface area contributed by atoms with Crippen LogP contribution in [0.1, 0.15) is 30.9 Å². The summed E-state index contributed by atoms with van der Waals surface area (Å²) >= 11 is 0. The van der Waals surface area contributed by atoms with Crippen LogP contribution in [0.15, 0.2) is 18.2 Å². The van der Waals surface area contributed by atoms with E-state index in [4.69, 9.17) is 10.5 Å². The Morgan fingerprint density at radius 2 is 2.13 bits per heavy atom. The molecule has 1 aliphatic heterocycles. The molecular formula is C13H17NO.